The standard InChI is InChI=1S/C15H19FN2O2S/c1-2-20-14(19)11-4-3-9-18(10-11)15(21)17-13-7-5-12(16)6-8-13/h5-8,11H,2-4,9-10H2,1H3,(H,17,21)/t11-/m1/s1. The van der Waals surface area contributed by atoms with Crippen molar-refractivity contribution >= 4 is 29.0 Å². The lowest BCUT2D eigenvalue weighted by atomic mass is 9.98. The van der Waals surface area contributed by atoms with Gasteiger partial charge in [0.05, 0.1) is 12.5 Å². The van der Waals surface area contributed by atoms with Gasteiger partial charge in [0.15, 0.2) is 5.11 Å². The molecule has 0 radical (unpaired) electrons. The maximum atomic E-state index is 12.9. The molecule has 6 heteroatoms. The van der Waals surface area contributed by atoms with E-state index in [9.17, 15) is 9.18 Å². The van der Waals surface area contributed by atoms with Gasteiger partial charge in [-0.1, -0.05) is 0 Å². The zero-order valence-corrected chi connectivity index (χ0v) is 12.8. The number of carbonyl (C=O) groups is 1. The first-order valence-corrected chi connectivity index (χ1v) is 7.49. The summed E-state index contributed by atoms with van der Waals surface area (Å²) in [4.78, 5) is 13.8. The number of ether oxygens (including phenoxy) is 1. The van der Waals surface area contributed by atoms with E-state index in [0.717, 1.165) is 25.1 Å². The van der Waals surface area contributed by atoms with Crippen LogP contribution >= 0.6 is 12.2 Å². The Morgan fingerprint density at radius 2 is 2.19 bits per heavy atom. The molecule has 1 fully saturated rings. The molecule has 1 aliphatic rings. The van der Waals surface area contributed by atoms with Gasteiger partial charge >= 0.3 is 5.97 Å². The lowest BCUT2D eigenvalue weighted by Gasteiger charge is -2.33. The smallest absolute Gasteiger partial charge is 0.310 e. The molecular weight excluding hydrogens is 291 g/mol. The highest BCUT2D eigenvalue weighted by Gasteiger charge is 2.27. The number of carbonyl (C=O) groups excluding carboxylic acids is 1. The minimum absolute atomic E-state index is 0.133. The summed E-state index contributed by atoms with van der Waals surface area (Å²) in [6, 6.07) is 6.02. The molecule has 1 heterocycles. The second-order valence-electron chi connectivity index (χ2n) is 4.97. The summed E-state index contributed by atoms with van der Waals surface area (Å²) in [5.74, 6) is -0.578. The van der Waals surface area contributed by atoms with E-state index >= 15 is 0 Å². The van der Waals surface area contributed by atoms with Crippen molar-refractivity contribution in [1.29, 1.82) is 0 Å². The molecule has 0 bridgehead atoms. The fraction of sp³-hybridized carbons (Fsp3) is 0.467. The molecule has 0 saturated carbocycles. The van der Waals surface area contributed by atoms with Gasteiger partial charge in [-0.25, -0.2) is 4.39 Å². The van der Waals surface area contributed by atoms with Crippen molar-refractivity contribution in [2.45, 2.75) is 19.8 Å². The van der Waals surface area contributed by atoms with Crippen LogP contribution in [0.25, 0.3) is 0 Å². The quantitative estimate of drug-likeness (QED) is 0.687. The Balaban J connectivity index is 1.92. The molecule has 1 atom stereocenters. The predicted octanol–water partition coefficient (Wildman–Crippen LogP) is 2.80. The van der Waals surface area contributed by atoms with Gasteiger partial charge in [-0.2, -0.15) is 0 Å². The van der Waals surface area contributed by atoms with Crippen LogP contribution in [0.2, 0.25) is 0 Å². The summed E-state index contributed by atoms with van der Waals surface area (Å²) >= 11 is 5.36. The summed E-state index contributed by atoms with van der Waals surface area (Å²) in [6.07, 6.45) is 1.73. The van der Waals surface area contributed by atoms with Gasteiger partial charge < -0.3 is 15.0 Å². The number of thiocarbonyl (C=S) groups is 1. The summed E-state index contributed by atoms with van der Waals surface area (Å²) in [5.41, 5.74) is 0.736. The fourth-order valence-corrected chi connectivity index (χ4v) is 2.63. The van der Waals surface area contributed by atoms with E-state index in [0.29, 0.717) is 18.3 Å². The minimum Gasteiger partial charge on any atom is -0.466 e. The second-order valence-corrected chi connectivity index (χ2v) is 5.36. The third kappa shape index (κ3) is 4.39. The molecule has 0 spiro atoms. The van der Waals surface area contributed by atoms with E-state index in [-0.39, 0.29) is 17.7 Å². The predicted molar refractivity (Wildman–Crippen MR) is 83.6 cm³/mol. The third-order valence-electron chi connectivity index (χ3n) is 3.42. The van der Waals surface area contributed by atoms with Crippen molar-refractivity contribution in [3.05, 3.63) is 30.1 Å². The van der Waals surface area contributed by atoms with Crippen LogP contribution in [-0.4, -0.2) is 35.7 Å². The first kappa shape index (κ1) is 15.7. The van der Waals surface area contributed by atoms with Crippen LogP contribution in [-0.2, 0) is 9.53 Å². The zero-order chi connectivity index (χ0) is 15.2. The van der Waals surface area contributed by atoms with E-state index in [1.807, 2.05) is 4.90 Å². The number of benzene rings is 1. The Hall–Kier alpha value is -1.69. The van der Waals surface area contributed by atoms with Crippen LogP contribution in [0.1, 0.15) is 19.8 Å². The molecule has 1 aromatic rings. The summed E-state index contributed by atoms with van der Waals surface area (Å²) < 4.78 is 17.9. The van der Waals surface area contributed by atoms with Crippen LogP contribution in [0.3, 0.4) is 0 Å². The maximum absolute atomic E-state index is 12.9. The normalized spacial score (nSPS) is 18.2. The first-order chi connectivity index (χ1) is 10.1. The van der Waals surface area contributed by atoms with Gasteiger partial charge in [-0.05, 0) is 56.2 Å². The third-order valence-corrected chi connectivity index (χ3v) is 3.78. The zero-order valence-electron chi connectivity index (χ0n) is 12.0. The molecule has 4 nitrogen and oxygen atoms in total. The van der Waals surface area contributed by atoms with Crippen molar-refractivity contribution < 1.29 is 13.9 Å². The molecule has 2 rings (SSSR count). The molecule has 0 unspecified atom stereocenters. The number of esters is 1. The highest BCUT2D eigenvalue weighted by molar-refractivity contribution is 7.80. The van der Waals surface area contributed by atoms with Crippen molar-refractivity contribution in [3.8, 4) is 0 Å². The SMILES string of the molecule is CCOC(=O)[C@@H]1CCCN(C(=S)Nc2ccc(F)cc2)C1. The van der Waals surface area contributed by atoms with Gasteiger partial charge in [0.1, 0.15) is 5.82 Å². The van der Waals surface area contributed by atoms with Crippen LogP contribution < -0.4 is 5.32 Å². The molecule has 0 aromatic heterocycles. The highest BCUT2D eigenvalue weighted by atomic mass is 32.1. The Labute approximate surface area is 129 Å². The van der Waals surface area contributed by atoms with Gasteiger partial charge in [0.25, 0.3) is 0 Å². The first-order valence-electron chi connectivity index (χ1n) is 7.08. The average molecular weight is 310 g/mol. The molecule has 1 aliphatic heterocycles. The summed E-state index contributed by atoms with van der Waals surface area (Å²) in [7, 11) is 0. The van der Waals surface area contributed by atoms with Gasteiger partial charge in [-0.3, -0.25) is 4.79 Å². The fourth-order valence-electron chi connectivity index (χ4n) is 2.35. The molecule has 21 heavy (non-hydrogen) atoms. The van der Waals surface area contributed by atoms with Crippen molar-refractivity contribution in [2.24, 2.45) is 5.92 Å². The largest absolute Gasteiger partial charge is 0.466 e. The van der Waals surface area contributed by atoms with Gasteiger partial charge in [0, 0.05) is 18.8 Å². The van der Waals surface area contributed by atoms with Crippen LogP contribution in [0.4, 0.5) is 10.1 Å². The van der Waals surface area contributed by atoms with Crippen LogP contribution in [0.15, 0.2) is 24.3 Å². The Bertz CT molecular complexity index is 507. The van der Waals surface area contributed by atoms with E-state index in [1.54, 1.807) is 19.1 Å². The van der Waals surface area contributed by atoms with E-state index < -0.39 is 0 Å². The van der Waals surface area contributed by atoms with Gasteiger partial charge in [0.2, 0.25) is 0 Å². The number of hydrogen-bond donors (Lipinski definition) is 1. The maximum Gasteiger partial charge on any atom is 0.310 e. The topological polar surface area (TPSA) is 41.6 Å². The number of halogens is 1. The Morgan fingerprint density at radius 3 is 2.86 bits per heavy atom. The van der Waals surface area contributed by atoms with E-state index in [2.05, 4.69) is 5.32 Å². The van der Waals surface area contributed by atoms with Crippen LogP contribution in [0.5, 0.6) is 0 Å². The number of nitrogens with one attached hydrogen (secondary N) is 1. The number of likely N-dealkylation sites (tertiary alicyclic amines) is 1. The van der Waals surface area contributed by atoms with Crippen molar-refractivity contribution in [3.63, 3.8) is 0 Å². The molecular formula is C15H19FN2O2S. The minimum atomic E-state index is -0.285. The lowest BCUT2D eigenvalue weighted by Crippen LogP contribution is -2.44. The number of hydrogen-bond acceptors (Lipinski definition) is 3. The molecule has 1 aromatic carbocycles. The number of rotatable bonds is 3. The molecule has 1 saturated heterocycles. The van der Waals surface area contributed by atoms with Crippen molar-refractivity contribution in [1.82, 2.24) is 4.90 Å². The average Bonchev–Trinajstić information content (AvgIpc) is 2.50. The lowest BCUT2D eigenvalue weighted by molar-refractivity contribution is -0.149. The Morgan fingerprint density at radius 1 is 1.48 bits per heavy atom. The van der Waals surface area contributed by atoms with Gasteiger partial charge in [-0.15, -0.1) is 0 Å². The second kappa shape index (κ2) is 7.36. The summed E-state index contributed by atoms with van der Waals surface area (Å²) in [6.45, 7) is 3.57. The van der Waals surface area contributed by atoms with Crippen LogP contribution in [0, 0.1) is 11.7 Å². The molecule has 1 N–H and O–H groups in total. The monoisotopic (exact) mass is 310 g/mol. The highest BCUT2D eigenvalue weighted by Crippen LogP contribution is 2.19. The molecule has 0 amide bonds. The number of piperidine rings is 1. The molecule has 114 valence electrons. The Kier molecular flexibility index (Phi) is 5.50. The number of anilines is 1. The summed E-state index contributed by atoms with van der Waals surface area (Å²) in [5, 5.41) is 3.62. The number of nitrogens with zero attached hydrogens (tertiary/aromatic N) is 1. The van der Waals surface area contributed by atoms with E-state index in [1.165, 1.54) is 12.1 Å². The molecule has 0 aliphatic carbocycles. The van der Waals surface area contributed by atoms with Crippen molar-refractivity contribution in [2.75, 3.05) is 25.0 Å². The van der Waals surface area contributed by atoms with E-state index in [4.69, 9.17) is 17.0 Å².